The monoisotopic (exact) mass is 524 g/mol. The summed E-state index contributed by atoms with van der Waals surface area (Å²) in [7, 11) is 0.659. The molecule has 0 N–H and O–H groups in total. The molecule has 1 aromatic heterocycles. The molecule has 2 nitrogen and oxygen atoms in total. The highest BCUT2D eigenvalue weighted by Crippen LogP contribution is 2.26. The highest BCUT2D eigenvalue weighted by molar-refractivity contribution is 6.54. The Labute approximate surface area is 236 Å². The summed E-state index contributed by atoms with van der Waals surface area (Å²) in [4.78, 5) is 4.81. The van der Waals surface area contributed by atoms with Crippen molar-refractivity contribution in [3.05, 3.63) is 162 Å². The average Bonchev–Trinajstić information content (AvgIpc) is 3.45. The third kappa shape index (κ3) is 7.36. The van der Waals surface area contributed by atoms with Crippen LogP contribution < -0.4 is 5.72 Å². The van der Waals surface area contributed by atoms with Crippen molar-refractivity contribution in [2.45, 2.75) is 31.4 Å². The lowest BCUT2D eigenvalue weighted by atomic mass is 9.58. The van der Waals surface area contributed by atoms with Crippen molar-refractivity contribution < 1.29 is 0 Å². The molecule has 5 rings (SSSR count). The molecule has 1 heterocycles. The van der Waals surface area contributed by atoms with E-state index < -0.39 is 0 Å². The zero-order valence-electron chi connectivity index (χ0n) is 22.9. The summed E-state index contributed by atoms with van der Waals surface area (Å²) >= 11 is 0. The zero-order valence-corrected chi connectivity index (χ0v) is 24.3. The molecule has 0 radical (unpaired) electrons. The fraction of sp³-hybridized carbons (Fsp3) is 0.171. The van der Waals surface area contributed by atoms with Gasteiger partial charge in [0, 0.05) is 28.1 Å². The first kappa shape index (κ1) is 26.7. The van der Waals surface area contributed by atoms with Crippen LogP contribution in [0.25, 0.3) is 5.57 Å². The molecule has 194 valence electrons. The van der Waals surface area contributed by atoms with Crippen LogP contribution in [0, 0.1) is 5.92 Å². The maximum absolute atomic E-state index is 4.81. The third-order valence-electron chi connectivity index (χ3n) is 7.58. The fourth-order valence-electron chi connectivity index (χ4n) is 5.40. The zero-order chi connectivity index (χ0) is 26.7. The van der Waals surface area contributed by atoms with E-state index in [0.29, 0.717) is 11.7 Å². The Morgan fingerprint density at radius 3 is 1.82 bits per heavy atom. The van der Waals surface area contributed by atoms with Gasteiger partial charge in [0.2, 0.25) is 7.28 Å². The summed E-state index contributed by atoms with van der Waals surface area (Å²) < 4.78 is 2.42. The molecule has 1 unspecified atom stereocenters. The number of imidazole rings is 1. The van der Waals surface area contributed by atoms with E-state index in [0.717, 1.165) is 19.9 Å². The smallest absolute Gasteiger partial charge is 0.217 e. The normalized spacial score (nSPS) is 12.1. The van der Waals surface area contributed by atoms with E-state index in [9.17, 15) is 0 Å². The largest absolute Gasteiger partial charge is 0.347 e. The average molecular weight is 525 g/mol. The molecule has 39 heavy (non-hydrogen) atoms. The highest BCUT2D eigenvalue weighted by Gasteiger charge is 2.19. The van der Waals surface area contributed by atoms with Gasteiger partial charge in [0.15, 0.2) is 0 Å². The van der Waals surface area contributed by atoms with Gasteiger partial charge in [-0.1, -0.05) is 140 Å². The molecule has 0 saturated heterocycles. The maximum atomic E-state index is 4.81. The first-order valence-corrected chi connectivity index (χ1v) is 16.2. The number of hydrogen-bond donors (Lipinski definition) is 0. The standard InChI is InChI=1S/C35H37BN2Si/c1-28(22-23-33(29-14-6-2-7-15-29)30-16-8-3-9-17-30)26-39-27-38-25-24-37-35(38)36-34(31-18-10-4-11-19-31)32-20-12-5-13-21-32/h2-21,23-25,28,34,36H,22,26-27,39H2,1H3. The predicted molar refractivity (Wildman–Crippen MR) is 171 cm³/mol. The summed E-state index contributed by atoms with van der Waals surface area (Å²) in [6.45, 7) is 2.41. The Morgan fingerprint density at radius 1 is 0.769 bits per heavy atom. The van der Waals surface area contributed by atoms with Gasteiger partial charge in [-0.15, -0.1) is 0 Å². The van der Waals surface area contributed by atoms with Gasteiger partial charge in [0.05, 0.1) is 5.72 Å². The van der Waals surface area contributed by atoms with Crippen molar-refractivity contribution in [3.8, 4) is 0 Å². The van der Waals surface area contributed by atoms with E-state index in [1.165, 1.54) is 39.6 Å². The van der Waals surface area contributed by atoms with Gasteiger partial charge < -0.3 is 4.57 Å². The number of hydrogen-bond acceptors (Lipinski definition) is 1. The summed E-state index contributed by atoms with van der Waals surface area (Å²) in [6, 6.07) is 44.6. The molecule has 0 aliphatic rings. The number of nitrogens with zero attached hydrogens (tertiary/aromatic N) is 2. The molecular weight excluding hydrogens is 487 g/mol. The molecule has 4 heteroatoms. The minimum Gasteiger partial charge on any atom is -0.347 e. The first-order valence-electron chi connectivity index (χ1n) is 14.2. The van der Waals surface area contributed by atoms with Crippen molar-refractivity contribution in [3.63, 3.8) is 0 Å². The minimum atomic E-state index is -0.263. The van der Waals surface area contributed by atoms with Crippen molar-refractivity contribution in [2.24, 2.45) is 5.92 Å². The van der Waals surface area contributed by atoms with E-state index in [1.807, 2.05) is 6.20 Å². The van der Waals surface area contributed by atoms with Gasteiger partial charge in [-0.05, 0) is 46.0 Å². The quantitative estimate of drug-likeness (QED) is 0.172. The molecule has 0 fully saturated rings. The molecule has 0 aliphatic heterocycles. The summed E-state index contributed by atoms with van der Waals surface area (Å²) in [5.41, 5.74) is 7.83. The van der Waals surface area contributed by atoms with Gasteiger partial charge in [0.1, 0.15) is 0 Å². The molecule has 0 aliphatic carbocycles. The van der Waals surface area contributed by atoms with E-state index in [1.54, 1.807) is 0 Å². The Kier molecular flexibility index (Phi) is 9.43. The van der Waals surface area contributed by atoms with Crippen molar-refractivity contribution in [1.29, 1.82) is 0 Å². The molecule has 0 amide bonds. The van der Waals surface area contributed by atoms with E-state index in [4.69, 9.17) is 4.98 Å². The van der Waals surface area contributed by atoms with Crippen molar-refractivity contribution >= 4 is 28.1 Å². The molecule has 1 atom stereocenters. The Balaban J connectivity index is 1.22. The van der Waals surface area contributed by atoms with E-state index in [-0.39, 0.29) is 9.52 Å². The number of benzene rings is 4. The second kappa shape index (κ2) is 13.8. The molecule has 0 bridgehead atoms. The van der Waals surface area contributed by atoms with Gasteiger partial charge >= 0.3 is 0 Å². The highest BCUT2D eigenvalue weighted by atomic mass is 28.2. The van der Waals surface area contributed by atoms with Crippen molar-refractivity contribution in [2.75, 3.05) is 0 Å². The van der Waals surface area contributed by atoms with Crippen LogP contribution in [0.2, 0.25) is 6.04 Å². The van der Waals surface area contributed by atoms with Crippen LogP contribution in [-0.2, 0) is 6.17 Å². The Bertz CT molecular complexity index is 1350. The molecule has 4 aromatic carbocycles. The fourth-order valence-corrected chi connectivity index (χ4v) is 7.26. The predicted octanol–water partition coefficient (Wildman–Crippen LogP) is 6.44. The van der Waals surface area contributed by atoms with E-state index >= 15 is 0 Å². The summed E-state index contributed by atoms with van der Waals surface area (Å²) in [5.74, 6) is 0.987. The summed E-state index contributed by atoms with van der Waals surface area (Å²) in [5, 5.41) is 0. The van der Waals surface area contributed by atoms with Crippen LogP contribution in [-0.4, -0.2) is 26.4 Å². The maximum Gasteiger partial charge on any atom is 0.217 e. The van der Waals surface area contributed by atoms with Crippen LogP contribution in [0.4, 0.5) is 0 Å². The van der Waals surface area contributed by atoms with Gasteiger partial charge in [0.25, 0.3) is 0 Å². The molecule has 0 saturated carbocycles. The molecule has 0 spiro atoms. The lowest BCUT2D eigenvalue weighted by Crippen LogP contribution is -2.32. The van der Waals surface area contributed by atoms with E-state index in [2.05, 4.69) is 145 Å². The lowest BCUT2D eigenvalue weighted by molar-refractivity contribution is 0.655. The number of aromatic nitrogens is 2. The topological polar surface area (TPSA) is 17.8 Å². The second-order valence-electron chi connectivity index (χ2n) is 10.4. The van der Waals surface area contributed by atoms with Crippen LogP contribution in [0.15, 0.2) is 140 Å². The van der Waals surface area contributed by atoms with Gasteiger partial charge in [-0.25, -0.2) is 0 Å². The van der Waals surface area contributed by atoms with Crippen LogP contribution in [0.3, 0.4) is 0 Å². The second-order valence-corrected chi connectivity index (χ2v) is 12.2. The summed E-state index contributed by atoms with van der Waals surface area (Å²) in [6.07, 6.45) is 8.87. The third-order valence-corrected chi connectivity index (χ3v) is 9.77. The van der Waals surface area contributed by atoms with Crippen LogP contribution >= 0.6 is 0 Å². The van der Waals surface area contributed by atoms with Crippen LogP contribution in [0.5, 0.6) is 0 Å². The van der Waals surface area contributed by atoms with Gasteiger partial charge in [-0.3, -0.25) is 4.98 Å². The Hall–Kier alpha value is -3.89. The van der Waals surface area contributed by atoms with Gasteiger partial charge in [-0.2, -0.15) is 0 Å². The number of allylic oxidation sites excluding steroid dienone is 1. The Morgan fingerprint density at radius 2 is 1.28 bits per heavy atom. The van der Waals surface area contributed by atoms with Crippen LogP contribution in [0.1, 0.15) is 41.4 Å². The number of rotatable bonds is 12. The SMILES string of the molecule is CC(CC=C(c1ccccc1)c1ccccc1)C[SiH2]Cn1ccnc1BC(c1ccccc1)c1ccccc1. The lowest BCUT2D eigenvalue weighted by Gasteiger charge is -2.18. The van der Waals surface area contributed by atoms with Crippen molar-refractivity contribution in [1.82, 2.24) is 9.55 Å². The molecule has 5 aromatic rings. The minimum absolute atomic E-state index is 0.263. The first-order chi connectivity index (χ1) is 19.3. The molecular formula is C35H37BN2Si.